The number of rotatable bonds is 6. The quantitative estimate of drug-likeness (QED) is 0.402. The minimum absolute atomic E-state index is 0. The van der Waals surface area contributed by atoms with E-state index in [0.29, 0.717) is 0 Å². The summed E-state index contributed by atoms with van der Waals surface area (Å²) in [6.07, 6.45) is 0. The number of hydrogen-bond acceptors (Lipinski definition) is 4. The molecule has 0 aliphatic rings. The van der Waals surface area contributed by atoms with Crippen molar-refractivity contribution in [1.82, 2.24) is 5.32 Å². The summed E-state index contributed by atoms with van der Waals surface area (Å²) in [5.74, 6) is 0. The zero-order valence-corrected chi connectivity index (χ0v) is 13.3. The SMILES string of the molecule is CCNCO[CH2][Sn+2][CH2]C.CC[O-].CC[O-]. The maximum atomic E-state index is 8.93. The summed E-state index contributed by atoms with van der Waals surface area (Å²) in [6, 6.07) is 0. The Bertz CT molecular complexity index is 69.7. The van der Waals surface area contributed by atoms with Gasteiger partial charge in [-0.2, -0.15) is 0 Å². The number of hydrogen-bond donors (Lipinski definition) is 1. The largest absolute Gasteiger partial charge is 0.855 e. The van der Waals surface area contributed by atoms with Crippen LogP contribution in [0.3, 0.4) is 0 Å². The molecule has 0 atom stereocenters. The Labute approximate surface area is 105 Å². The van der Waals surface area contributed by atoms with E-state index in [0.717, 1.165) is 17.9 Å². The van der Waals surface area contributed by atoms with Gasteiger partial charge in [-0.3, -0.25) is 0 Å². The molecule has 0 aliphatic heterocycles. The summed E-state index contributed by atoms with van der Waals surface area (Å²) in [4.78, 5) is 0. The summed E-state index contributed by atoms with van der Waals surface area (Å²) in [5, 5.41) is 21.0. The first-order valence-electron chi connectivity index (χ1n) is 5.40. The molecule has 0 rings (SSSR count). The molecule has 4 nitrogen and oxygen atoms in total. The van der Waals surface area contributed by atoms with Crippen LogP contribution in [0.5, 0.6) is 0 Å². The van der Waals surface area contributed by atoms with Crippen LogP contribution in [-0.2, 0) is 4.74 Å². The molecule has 0 aromatic heterocycles. The molecule has 92 valence electrons. The van der Waals surface area contributed by atoms with Gasteiger partial charge in [0.1, 0.15) is 0 Å². The van der Waals surface area contributed by atoms with Crippen molar-refractivity contribution in [2.75, 3.05) is 31.1 Å². The van der Waals surface area contributed by atoms with E-state index in [1.54, 1.807) is 13.8 Å². The van der Waals surface area contributed by atoms with Gasteiger partial charge in [0.05, 0.1) is 0 Å². The van der Waals surface area contributed by atoms with Gasteiger partial charge in [0, 0.05) is 0 Å². The Hall–Kier alpha value is 0.639. The van der Waals surface area contributed by atoms with E-state index in [2.05, 4.69) is 19.2 Å². The van der Waals surface area contributed by atoms with Gasteiger partial charge in [0.15, 0.2) is 0 Å². The van der Waals surface area contributed by atoms with E-state index in [1.165, 1.54) is 4.44 Å². The van der Waals surface area contributed by atoms with Gasteiger partial charge >= 0.3 is 67.4 Å². The predicted octanol–water partition coefficient (Wildman–Crippen LogP) is -0.597. The molecule has 0 saturated carbocycles. The zero-order valence-electron chi connectivity index (χ0n) is 10.5. The fraction of sp³-hybridized carbons (Fsp3) is 1.00. The molecule has 0 fully saturated rings. The molecular formula is C10H25NO3Sn. The van der Waals surface area contributed by atoms with Crippen LogP contribution in [0.15, 0.2) is 0 Å². The van der Waals surface area contributed by atoms with E-state index in [9.17, 15) is 0 Å². The van der Waals surface area contributed by atoms with Crippen LogP contribution in [0.1, 0.15) is 27.7 Å². The summed E-state index contributed by atoms with van der Waals surface area (Å²) < 4.78 is 7.73. The summed E-state index contributed by atoms with van der Waals surface area (Å²) in [5.41, 5.74) is 0. The van der Waals surface area contributed by atoms with Gasteiger partial charge in [-0.25, -0.2) is 0 Å². The van der Waals surface area contributed by atoms with Gasteiger partial charge in [-0.05, 0) is 0 Å². The first kappa shape index (κ1) is 21.0. The molecule has 0 amide bonds. The van der Waals surface area contributed by atoms with Crippen molar-refractivity contribution in [3.63, 3.8) is 0 Å². The second-order valence-corrected chi connectivity index (χ2v) is 6.55. The molecule has 0 saturated heterocycles. The van der Waals surface area contributed by atoms with Crippen molar-refractivity contribution >= 4 is 21.1 Å². The second kappa shape index (κ2) is 29.3. The van der Waals surface area contributed by atoms with Crippen LogP contribution < -0.4 is 15.5 Å². The van der Waals surface area contributed by atoms with Gasteiger partial charge in [0.2, 0.25) is 0 Å². The molecule has 5 heteroatoms. The third-order valence-electron chi connectivity index (χ3n) is 0.908. The standard InChI is InChI=1S/C4H10NO.2C2H5O.C2H5.Sn/c1-3-5-4-6-2;2*1-2-3;1-2;/h5H,2-4H2,1H3;2*2H2,1H3;1H2,2H3;/q;2*-1;;+2. The normalized spacial score (nSPS) is 7.87. The molecule has 0 aromatic carbocycles. The smallest absolute Gasteiger partial charge is 0.0809 e. The predicted molar refractivity (Wildman–Crippen MR) is 61.8 cm³/mol. The van der Waals surface area contributed by atoms with Crippen LogP contribution >= 0.6 is 0 Å². The van der Waals surface area contributed by atoms with Crippen LogP contribution in [0.25, 0.3) is 0 Å². The summed E-state index contributed by atoms with van der Waals surface area (Å²) in [7, 11) is 0. The van der Waals surface area contributed by atoms with E-state index in [4.69, 9.17) is 14.9 Å². The Morgan fingerprint density at radius 2 is 1.53 bits per heavy atom. The molecule has 0 bridgehead atoms. The number of ether oxygens (including phenoxy) is 1. The first-order chi connectivity index (χ1) is 7.24. The second-order valence-electron chi connectivity index (χ2n) is 2.28. The minimum Gasteiger partial charge on any atom is -0.855 e. The zero-order chi connectivity index (χ0) is 12.4. The van der Waals surface area contributed by atoms with Crippen LogP contribution in [0.4, 0.5) is 0 Å². The maximum Gasteiger partial charge on any atom is -0.0809 e. The topological polar surface area (TPSA) is 67.4 Å². The van der Waals surface area contributed by atoms with Crippen LogP contribution in [0, 0.1) is 0 Å². The van der Waals surface area contributed by atoms with E-state index < -0.39 is 0 Å². The van der Waals surface area contributed by atoms with Gasteiger partial charge in [-0.1, -0.05) is 13.8 Å². The Kier molecular flexibility index (Phi) is 41.0. The summed E-state index contributed by atoms with van der Waals surface area (Å²) in [6.45, 7) is 9.22. The molecular weight excluding hydrogens is 301 g/mol. The van der Waals surface area contributed by atoms with Gasteiger partial charge < -0.3 is 10.2 Å². The Morgan fingerprint density at radius 1 is 1.07 bits per heavy atom. The van der Waals surface area contributed by atoms with Crippen molar-refractivity contribution in [3.8, 4) is 0 Å². The molecule has 15 heavy (non-hydrogen) atoms. The Balaban J connectivity index is -0.000000200. The molecule has 0 heterocycles. The Morgan fingerprint density at radius 3 is 1.87 bits per heavy atom. The van der Waals surface area contributed by atoms with Gasteiger partial charge in [0.25, 0.3) is 0 Å². The van der Waals surface area contributed by atoms with E-state index >= 15 is 0 Å². The van der Waals surface area contributed by atoms with E-state index in [-0.39, 0.29) is 34.4 Å². The van der Waals surface area contributed by atoms with Crippen molar-refractivity contribution in [1.29, 1.82) is 0 Å². The monoisotopic (exact) mass is 327 g/mol. The van der Waals surface area contributed by atoms with Crippen molar-refractivity contribution in [3.05, 3.63) is 0 Å². The molecule has 0 unspecified atom stereocenters. The van der Waals surface area contributed by atoms with Gasteiger partial charge in [-0.15, -0.1) is 13.2 Å². The average molecular weight is 326 g/mol. The van der Waals surface area contributed by atoms with Crippen molar-refractivity contribution in [2.24, 2.45) is 0 Å². The number of nitrogens with one attached hydrogen (secondary N) is 1. The molecule has 1 N–H and O–H groups in total. The van der Waals surface area contributed by atoms with Crippen molar-refractivity contribution < 1.29 is 14.9 Å². The first-order valence-corrected chi connectivity index (χ1v) is 9.43. The molecule has 0 spiro atoms. The molecule has 0 aliphatic carbocycles. The molecule has 0 aromatic rings. The van der Waals surface area contributed by atoms with Crippen LogP contribution in [-0.4, -0.2) is 52.3 Å². The van der Waals surface area contributed by atoms with Crippen molar-refractivity contribution in [2.45, 2.75) is 32.1 Å². The average Bonchev–Trinajstić information content (AvgIpc) is 2.20. The third kappa shape index (κ3) is 53.1. The molecule has 0 radical (unpaired) electrons. The summed E-state index contributed by atoms with van der Waals surface area (Å²) >= 11 is -0.102. The fourth-order valence-corrected chi connectivity index (χ4v) is 1.69. The van der Waals surface area contributed by atoms with E-state index in [1.807, 2.05) is 0 Å². The minimum atomic E-state index is -0.102. The fourth-order valence-electron chi connectivity index (χ4n) is 0.399. The third-order valence-corrected chi connectivity index (χ3v) is 3.50. The maximum absolute atomic E-state index is 8.93. The van der Waals surface area contributed by atoms with Crippen LogP contribution in [0.2, 0.25) is 4.44 Å².